The lowest BCUT2D eigenvalue weighted by molar-refractivity contribution is -0.139. The number of carboxylic acids is 1. The summed E-state index contributed by atoms with van der Waals surface area (Å²) >= 11 is 1.49. The van der Waals surface area contributed by atoms with Crippen LogP contribution in [0.4, 0.5) is 4.79 Å². The van der Waals surface area contributed by atoms with Gasteiger partial charge in [-0.15, -0.1) is 0 Å². The maximum atomic E-state index is 11.7. The Hall–Kier alpha value is -0.960. The summed E-state index contributed by atoms with van der Waals surface area (Å²) in [6.07, 6.45) is 3.25. The van der Waals surface area contributed by atoms with Crippen LogP contribution in [-0.4, -0.2) is 74.1 Å². The normalized spacial score (nSPS) is 12.8. The summed E-state index contributed by atoms with van der Waals surface area (Å²) in [5, 5.41) is 11.3. The van der Waals surface area contributed by atoms with E-state index in [2.05, 4.69) is 5.32 Å². The molecule has 0 saturated heterocycles. The van der Waals surface area contributed by atoms with Gasteiger partial charge in [0.25, 0.3) is 0 Å². The Kier molecular flexibility index (Phi) is 7.84. The number of carboxylic acid groups (broad SMARTS) is 1. The number of urea groups is 1. The zero-order valence-corrected chi connectivity index (χ0v) is 12.9. The average Bonchev–Trinajstić information content (AvgIpc) is 2.29. The molecule has 0 saturated carbocycles. The lowest BCUT2D eigenvalue weighted by Crippen LogP contribution is -2.47. The molecule has 0 heterocycles. The van der Waals surface area contributed by atoms with Crippen molar-refractivity contribution in [1.29, 1.82) is 0 Å². The van der Waals surface area contributed by atoms with Crippen LogP contribution >= 0.6 is 11.8 Å². The maximum Gasteiger partial charge on any atom is 0.326 e. The van der Waals surface area contributed by atoms with E-state index in [1.807, 2.05) is 6.26 Å². The SMILES string of the molecule is CSCCC(NC(=O)N(C)CCS(C)(=O)=O)C(=O)O. The lowest BCUT2D eigenvalue weighted by atomic mass is 10.2. The molecule has 9 heteroatoms. The molecule has 7 nitrogen and oxygen atoms in total. The second kappa shape index (κ2) is 8.26. The van der Waals surface area contributed by atoms with Crippen molar-refractivity contribution in [2.45, 2.75) is 12.5 Å². The molecule has 1 atom stereocenters. The van der Waals surface area contributed by atoms with Gasteiger partial charge < -0.3 is 15.3 Å². The van der Waals surface area contributed by atoms with Gasteiger partial charge in [-0.3, -0.25) is 0 Å². The third-order valence-corrected chi connectivity index (χ3v) is 3.92. The van der Waals surface area contributed by atoms with E-state index in [0.717, 1.165) is 11.2 Å². The van der Waals surface area contributed by atoms with E-state index in [-0.39, 0.29) is 12.3 Å². The molecule has 0 aliphatic rings. The average molecular weight is 312 g/mol. The van der Waals surface area contributed by atoms with Crippen molar-refractivity contribution in [1.82, 2.24) is 10.2 Å². The lowest BCUT2D eigenvalue weighted by Gasteiger charge is -2.21. The fourth-order valence-corrected chi connectivity index (χ4v) is 2.23. The Morgan fingerprint density at radius 2 is 2.00 bits per heavy atom. The van der Waals surface area contributed by atoms with E-state index in [1.165, 1.54) is 18.8 Å². The quantitative estimate of drug-likeness (QED) is 0.647. The van der Waals surface area contributed by atoms with Gasteiger partial charge in [0.05, 0.1) is 5.75 Å². The summed E-state index contributed by atoms with van der Waals surface area (Å²) in [4.78, 5) is 23.8. The molecule has 0 aliphatic carbocycles. The zero-order chi connectivity index (χ0) is 15.1. The fourth-order valence-electron chi connectivity index (χ4n) is 1.16. The Morgan fingerprint density at radius 3 is 2.42 bits per heavy atom. The minimum Gasteiger partial charge on any atom is -0.480 e. The first-order valence-electron chi connectivity index (χ1n) is 5.58. The van der Waals surface area contributed by atoms with Gasteiger partial charge in [-0.1, -0.05) is 0 Å². The van der Waals surface area contributed by atoms with E-state index in [4.69, 9.17) is 5.11 Å². The van der Waals surface area contributed by atoms with Gasteiger partial charge in [-0.25, -0.2) is 18.0 Å². The molecule has 0 rings (SSSR count). The predicted molar refractivity (Wildman–Crippen MR) is 75.3 cm³/mol. The Bertz CT molecular complexity index is 410. The van der Waals surface area contributed by atoms with Gasteiger partial charge in [0.2, 0.25) is 0 Å². The summed E-state index contributed by atoms with van der Waals surface area (Å²) in [5.41, 5.74) is 0. The number of hydrogen-bond donors (Lipinski definition) is 2. The Balaban J connectivity index is 4.34. The number of nitrogens with one attached hydrogen (secondary N) is 1. The molecule has 0 aromatic heterocycles. The van der Waals surface area contributed by atoms with Crippen molar-refractivity contribution in [2.75, 3.05) is 37.6 Å². The second-order valence-electron chi connectivity index (χ2n) is 4.17. The maximum absolute atomic E-state index is 11.7. The summed E-state index contributed by atoms with van der Waals surface area (Å²) < 4.78 is 21.9. The van der Waals surface area contributed by atoms with Gasteiger partial charge in [-0.2, -0.15) is 11.8 Å². The minimum absolute atomic E-state index is 0.0273. The standard InChI is InChI=1S/C10H20N2O5S2/c1-12(5-7-19(3,16)17)10(15)11-8(9(13)14)4-6-18-2/h8H,4-7H2,1-3H3,(H,11,15)(H,13,14). The molecule has 0 radical (unpaired) electrons. The van der Waals surface area contributed by atoms with Gasteiger partial charge in [0.15, 0.2) is 0 Å². The van der Waals surface area contributed by atoms with Crippen molar-refractivity contribution in [3.05, 3.63) is 0 Å². The second-order valence-corrected chi connectivity index (χ2v) is 7.42. The molecule has 0 aromatic carbocycles. The summed E-state index contributed by atoms with van der Waals surface area (Å²) in [5.74, 6) is -0.636. The topological polar surface area (TPSA) is 104 Å². The Labute approximate surface area is 117 Å². The van der Waals surface area contributed by atoms with E-state index in [9.17, 15) is 18.0 Å². The first-order chi connectivity index (χ1) is 8.67. The highest BCUT2D eigenvalue weighted by Crippen LogP contribution is 2.02. The number of aliphatic carboxylic acids is 1. The highest BCUT2D eigenvalue weighted by atomic mass is 32.2. The van der Waals surface area contributed by atoms with E-state index in [1.54, 1.807) is 0 Å². The summed E-state index contributed by atoms with van der Waals surface area (Å²) in [7, 11) is -1.73. The highest BCUT2D eigenvalue weighted by Gasteiger charge is 2.21. The number of amides is 2. The van der Waals surface area contributed by atoms with Gasteiger partial charge in [0.1, 0.15) is 15.9 Å². The van der Waals surface area contributed by atoms with Crippen molar-refractivity contribution in [3.63, 3.8) is 0 Å². The molecule has 19 heavy (non-hydrogen) atoms. The molecule has 0 fully saturated rings. The van der Waals surface area contributed by atoms with Crippen LogP contribution in [0.15, 0.2) is 0 Å². The summed E-state index contributed by atoms with van der Waals surface area (Å²) in [6, 6.07) is -1.54. The smallest absolute Gasteiger partial charge is 0.326 e. The first-order valence-corrected chi connectivity index (χ1v) is 9.04. The van der Waals surface area contributed by atoms with Crippen LogP contribution in [0.2, 0.25) is 0 Å². The third kappa shape index (κ3) is 8.71. The van der Waals surface area contributed by atoms with Crippen molar-refractivity contribution in [2.24, 2.45) is 0 Å². The van der Waals surface area contributed by atoms with Crippen molar-refractivity contribution >= 4 is 33.6 Å². The highest BCUT2D eigenvalue weighted by molar-refractivity contribution is 7.98. The molecular weight excluding hydrogens is 292 g/mol. The monoisotopic (exact) mass is 312 g/mol. The summed E-state index contributed by atoms with van der Waals surface area (Å²) in [6.45, 7) is 0.0273. The number of hydrogen-bond acceptors (Lipinski definition) is 5. The zero-order valence-electron chi connectivity index (χ0n) is 11.2. The largest absolute Gasteiger partial charge is 0.480 e. The van der Waals surface area contributed by atoms with Crippen LogP contribution in [0.3, 0.4) is 0 Å². The molecule has 2 N–H and O–H groups in total. The number of carbonyl (C=O) groups excluding carboxylic acids is 1. The third-order valence-electron chi connectivity index (χ3n) is 2.35. The molecule has 0 spiro atoms. The van der Waals surface area contributed by atoms with Crippen LogP contribution < -0.4 is 5.32 Å². The number of sulfone groups is 1. The minimum atomic E-state index is -3.15. The fraction of sp³-hybridized carbons (Fsp3) is 0.800. The van der Waals surface area contributed by atoms with E-state index >= 15 is 0 Å². The molecule has 1 unspecified atom stereocenters. The first kappa shape index (κ1) is 18.0. The van der Waals surface area contributed by atoms with E-state index < -0.39 is 27.9 Å². The predicted octanol–water partition coefficient (Wildman–Crippen LogP) is -0.121. The molecular formula is C10H20N2O5S2. The number of rotatable bonds is 8. The van der Waals surface area contributed by atoms with Gasteiger partial charge in [-0.05, 0) is 18.4 Å². The van der Waals surface area contributed by atoms with Crippen molar-refractivity contribution < 1.29 is 23.1 Å². The van der Waals surface area contributed by atoms with E-state index in [0.29, 0.717) is 12.2 Å². The van der Waals surface area contributed by atoms with Gasteiger partial charge >= 0.3 is 12.0 Å². The molecule has 0 aliphatic heterocycles. The van der Waals surface area contributed by atoms with Crippen LogP contribution in [0.1, 0.15) is 6.42 Å². The molecule has 0 bridgehead atoms. The van der Waals surface area contributed by atoms with Gasteiger partial charge in [0, 0.05) is 19.8 Å². The van der Waals surface area contributed by atoms with Crippen LogP contribution in [0.25, 0.3) is 0 Å². The van der Waals surface area contributed by atoms with Crippen LogP contribution in [0.5, 0.6) is 0 Å². The van der Waals surface area contributed by atoms with Crippen LogP contribution in [0, 0.1) is 0 Å². The van der Waals surface area contributed by atoms with Crippen LogP contribution in [-0.2, 0) is 14.6 Å². The van der Waals surface area contributed by atoms with Crippen molar-refractivity contribution in [3.8, 4) is 0 Å². The molecule has 2 amide bonds. The number of thioether (sulfide) groups is 1. The molecule has 112 valence electrons. The number of nitrogens with zero attached hydrogens (tertiary/aromatic N) is 1. The Morgan fingerprint density at radius 1 is 1.42 bits per heavy atom. The molecule has 0 aromatic rings. The number of carbonyl (C=O) groups is 2.